The molecule has 3 aromatic rings. The predicted molar refractivity (Wildman–Crippen MR) is 95.5 cm³/mol. The summed E-state index contributed by atoms with van der Waals surface area (Å²) in [6.07, 6.45) is 1.32. The summed E-state index contributed by atoms with van der Waals surface area (Å²) in [6, 6.07) is 7.74. The van der Waals surface area contributed by atoms with Crippen molar-refractivity contribution in [3.05, 3.63) is 48.0 Å². The van der Waals surface area contributed by atoms with E-state index in [1.165, 1.54) is 6.39 Å². The number of carbonyl (C=O) groups excluding carboxylic acids is 1. The van der Waals surface area contributed by atoms with Crippen molar-refractivity contribution in [1.29, 1.82) is 0 Å². The zero-order valence-corrected chi connectivity index (χ0v) is 14.9. The highest BCUT2D eigenvalue weighted by Crippen LogP contribution is 2.24. The second-order valence-electron chi connectivity index (χ2n) is 6.91. The molecule has 2 aromatic heterocycles. The molecule has 2 atom stereocenters. The van der Waals surface area contributed by atoms with E-state index in [0.29, 0.717) is 42.3 Å². The predicted octanol–water partition coefficient (Wildman–Crippen LogP) is 2.62. The molecule has 7 heteroatoms. The highest BCUT2D eigenvalue weighted by Gasteiger charge is 2.34. The first-order chi connectivity index (χ1) is 12.6. The Morgan fingerprint density at radius 3 is 2.96 bits per heavy atom. The van der Waals surface area contributed by atoms with Crippen LogP contribution in [0.25, 0.3) is 11.1 Å². The molecule has 7 nitrogen and oxygen atoms in total. The van der Waals surface area contributed by atoms with Gasteiger partial charge in [-0.2, -0.15) is 0 Å². The van der Waals surface area contributed by atoms with E-state index >= 15 is 0 Å². The Balaban J connectivity index is 1.32. The van der Waals surface area contributed by atoms with Gasteiger partial charge in [0.15, 0.2) is 17.7 Å². The molecule has 136 valence electrons. The number of aryl methyl sites for hydroxylation is 1. The Bertz CT molecular complexity index is 883. The molecule has 1 aromatic carbocycles. The minimum absolute atomic E-state index is 0.0513. The van der Waals surface area contributed by atoms with Crippen molar-refractivity contribution < 1.29 is 13.6 Å². The lowest BCUT2D eigenvalue weighted by atomic mass is 9.98. The smallest absolute Gasteiger partial charge is 0.276 e. The molecular formula is C19H22N4O3. The minimum Gasteiger partial charge on any atom is -0.448 e. The maximum atomic E-state index is 12.6. The van der Waals surface area contributed by atoms with E-state index in [1.54, 1.807) is 6.92 Å². The molecule has 1 saturated heterocycles. The van der Waals surface area contributed by atoms with E-state index in [2.05, 4.69) is 22.2 Å². The van der Waals surface area contributed by atoms with Crippen LogP contribution in [0.3, 0.4) is 0 Å². The Hall–Kier alpha value is -2.67. The number of aromatic nitrogens is 2. The summed E-state index contributed by atoms with van der Waals surface area (Å²) < 4.78 is 10.9. The summed E-state index contributed by atoms with van der Waals surface area (Å²) in [5.74, 6) is 2.01. The number of fused-ring (bicyclic) bond motifs is 1. The zero-order chi connectivity index (χ0) is 18.1. The van der Waals surface area contributed by atoms with Crippen LogP contribution in [0.5, 0.6) is 0 Å². The number of likely N-dealkylation sites (tertiary alicyclic amines) is 1. The molecule has 0 unspecified atom stereocenters. The summed E-state index contributed by atoms with van der Waals surface area (Å²) in [6.45, 7) is 6.77. The van der Waals surface area contributed by atoms with E-state index in [9.17, 15) is 4.79 Å². The molecular weight excluding hydrogens is 332 g/mol. The van der Waals surface area contributed by atoms with E-state index in [0.717, 1.165) is 24.2 Å². The van der Waals surface area contributed by atoms with Gasteiger partial charge in [0, 0.05) is 19.6 Å². The molecule has 0 saturated carbocycles. The van der Waals surface area contributed by atoms with E-state index < -0.39 is 0 Å². The van der Waals surface area contributed by atoms with Gasteiger partial charge in [0.1, 0.15) is 11.3 Å². The van der Waals surface area contributed by atoms with Crippen molar-refractivity contribution in [3.63, 3.8) is 0 Å². The van der Waals surface area contributed by atoms with Crippen molar-refractivity contribution in [1.82, 2.24) is 20.2 Å². The molecule has 1 aliphatic rings. The maximum absolute atomic E-state index is 12.6. The molecule has 0 bridgehead atoms. The van der Waals surface area contributed by atoms with Gasteiger partial charge in [-0.15, -0.1) is 0 Å². The van der Waals surface area contributed by atoms with Gasteiger partial charge in [-0.05, 0) is 30.9 Å². The standard InChI is InChI=1S/C19H22N4O3/c1-12-9-23(19(24)18-13(2)25-11-21-18)10-14(12)7-20-8-17-22-15-5-3-4-6-16(15)26-17/h3-6,11-12,14,20H,7-10H2,1-2H3/t12-,14-/m1/s1. The van der Waals surface area contributed by atoms with E-state index in [1.807, 2.05) is 29.2 Å². The van der Waals surface area contributed by atoms with Crippen LogP contribution in [0, 0.1) is 18.8 Å². The molecule has 26 heavy (non-hydrogen) atoms. The lowest BCUT2D eigenvalue weighted by molar-refractivity contribution is 0.0777. The lowest BCUT2D eigenvalue weighted by Gasteiger charge is -2.15. The average Bonchev–Trinajstić information content (AvgIpc) is 3.33. The van der Waals surface area contributed by atoms with Gasteiger partial charge in [0.25, 0.3) is 5.91 Å². The van der Waals surface area contributed by atoms with Crippen LogP contribution in [-0.2, 0) is 6.54 Å². The molecule has 0 radical (unpaired) electrons. The Morgan fingerprint density at radius 1 is 1.35 bits per heavy atom. The largest absolute Gasteiger partial charge is 0.448 e. The maximum Gasteiger partial charge on any atom is 0.276 e. The fraction of sp³-hybridized carbons (Fsp3) is 0.421. The summed E-state index contributed by atoms with van der Waals surface area (Å²) in [5.41, 5.74) is 2.09. The van der Waals surface area contributed by atoms with E-state index in [4.69, 9.17) is 8.83 Å². The highest BCUT2D eigenvalue weighted by atomic mass is 16.3. The molecule has 3 heterocycles. The second kappa shape index (κ2) is 6.92. The quantitative estimate of drug-likeness (QED) is 0.758. The minimum atomic E-state index is -0.0513. The van der Waals surface area contributed by atoms with Crippen LogP contribution in [-0.4, -0.2) is 40.4 Å². The van der Waals surface area contributed by atoms with Gasteiger partial charge in [0.2, 0.25) is 5.89 Å². The summed E-state index contributed by atoms with van der Waals surface area (Å²) in [7, 11) is 0. The summed E-state index contributed by atoms with van der Waals surface area (Å²) in [4.78, 5) is 22.9. The first-order valence-corrected chi connectivity index (χ1v) is 8.86. The SMILES string of the molecule is Cc1ocnc1C(=O)N1C[C@@H](CNCc2nc3ccccc3o2)[C@H](C)C1. The fourth-order valence-corrected chi connectivity index (χ4v) is 3.49. The normalized spacial score (nSPS) is 20.2. The Labute approximate surface area is 151 Å². The number of carbonyl (C=O) groups is 1. The first-order valence-electron chi connectivity index (χ1n) is 8.86. The van der Waals surface area contributed by atoms with Crippen molar-refractivity contribution in [3.8, 4) is 0 Å². The topological polar surface area (TPSA) is 84.4 Å². The number of hydrogen-bond donors (Lipinski definition) is 1. The number of amides is 1. The number of oxazole rings is 2. The van der Waals surface area contributed by atoms with Gasteiger partial charge in [-0.3, -0.25) is 4.79 Å². The number of para-hydroxylation sites is 2. The highest BCUT2D eigenvalue weighted by molar-refractivity contribution is 5.93. The van der Waals surface area contributed by atoms with Crippen LogP contribution in [0.15, 0.2) is 39.5 Å². The number of hydrogen-bond acceptors (Lipinski definition) is 6. The molecule has 1 N–H and O–H groups in total. The first kappa shape index (κ1) is 16.8. The Kier molecular flexibility index (Phi) is 4.46. The van der Waals surface area contributed by atoms with Crippen LogP contribution < -0.4 is 5.32 Å². The molecule has 1 fully saturated rings. The van der Waals surface area contributed by atoms with Gasteiger partial charge in [0.05, 0.1) is 6.54 Å². The third-order valence-electron chi connectivity index (χ3n) is 5.02. The monoisotopic (exact) mass is 354 g/mol. The van der Waals surface area contributed by atoms with Gasteiger partial charge in [-0.25, -0.2) is 9.97 Å². The number of nitrogens with one attached hydrogen (secondary N) is 1. The van der Waals surface area contributed by atoms with Crippen molar-refractivity contribution in [2.24, 2.45) is 11.8 Å². The van der Waals surface area contributed by atoms with Crippen LogP contribution in [0.1, 0.15) is 29.1 Å². The fourth-order valence-electron chi connectivity index (χ4n) is 3.49. The number of benzene rings is 1. The van der Waals surface area contributed by atoms with Crippen LogP contribution in [0.2, 0.25) is 0 Å². The van der Waals surface area contributed by atoms with Crippen molar-refractivity contribution in [2.75, 3.05) is 19.6 Å². The zero-order valence-electron chi connectivity index (χ0n) is 14.9. The van der Waals surface area contributed by atoms with Crippen LogP contribution in [0.4, 0.5) is 0 Å². The molecule has 0 aliphatic carbocycles. The molecule has 0 spiro atoms. The van der Waals surface area contributed by atoms with Crippen LogP contribution >= 0.6 is 0 Å². The van der Waals surface area contributed by atoms with Gasteiger partial charge in [-0.1, -0.05) is 19.1 Å². The van der Waals surface area contributed by atoms with Crippen molar-refractivity contribution >= 4 is 17.0 Å². The average molecular weight is 354 g/mol. The third kappa shape index (κ3) is 3.22. The molecule has 1 aliphatic heterocycles. The van der Waals surface area contributed by atoms with Crippen molar-refractivity contribution in [2.45, 2.75) is 20.4 Å². The lowest BCUT2D eigenvalue weighted by Crippen LogP contribution is -2.31. The van der Waals surface area contributed by atoms with Gasteiger partial charge >= 0.3 is 0 Å². The molecule has 4 rings (SSSR count). The van der Waals surface area contributed by atoms with Gasteiger partial charge < -0.3 is 19.1 Å². The number of nitrogens with zero attached hydrogens (tertiary/aromatic N) is 3. The third-order valence-corrected chi connectivity index (χ3v) is 5.02. The summed E-state index contributed by atoms with van der Waals surface area (Å²) >= 11 is 0. The van der Waals surface area contributed by atoms with E-state index in [-0.39, 0.29) is 5.91 Å². The summed E-state index contributed by atoms with van der Waals surface area (Å²) in [5, 5.41) is 3.41. The number of rotatable bonds is 5. The Morgan fingerprint density at radius 2 is 2.19 bits per heavy atom. The second-order valence-corrected chi connectivity index (χ2v) is 6.91. The molecule has 1 amide bonds.